The van der Waals surface area contributed by atoms with Crippen molar-refractivity contribution in [2.75, 3.05) is 5.32 Å². The number of hydrogen-bond acceptors (Lipinski definition) is 5. The third kappa shape index (κ3) is 4.31. The van der Waals surface area contributed by atoms with Gasteiger partial charge in [0.15, 0.2) is 0 Å². The van der Waals surface area contributed by atoms with Crippen LogP contribution in [0.1, 0.15) is 11.5 Å². The van der Waals surface area contributed by atoms with E-state index in [0.29, 0.717) is 34.8 Å². The maximum atomic E-state index is 12.8. The first-order chi connectivity index (χ1) is 16.1. The van der Waals surface area contributed by atoms with Gasteiger partial charge in [0, 0.05) is 24.1 Å². The Morgan fingerprint density at radius 3 is 2.76 bits per heavy atom. The fourth-order valence-electron chi connectivity index (χ4n) is 3.69. The molecule has 0 aliphatic carbocycles. The molecule has 0 aliphatic rings. The second kappa shape index (κ2) is 8.58. The summed E-state index contributed by atoms with van der Waals surface area (Å²) in [5.41, 5.74) is 2.61. The highest BCUT2D eigenvalue weighted by molar-refractivity contribution is 5.91. The molecule has 3 heterocycles. The van der Waals surface area contributed by atoms with Gasteiger partial charge in [0.1, 0.15) is 30.4 Å². The van der Waals surface area contributed by atoms with Crippen LogP contribution < -0.4 is 15.6 Å². The molecule has 0 saturated heterocycles. The van der Waals surface area contributed by atoms with Crippen molar-refractivity contribution in [3.05, 3.63) is 101 Å². The van der Waals surface area contributed by atoms with Gasteiger partial charge in [-0.05, 0) is 43.3 Å². The number of nitrogens with one attached hydrogen (secondary N) is 1. The largest absolute Gasteiger partial charge is 0.487 e. The van der Waals surface area contributed by atoms with Crippen LogP contribution in [0.15, 0.2) is 83.9 Å². The Labute approximate surface area is 189 Å². The number of rotatable bonds is 6. The molecule has 5 aromatic rings. The summed E-state index contributed by atoms with van der Waals surface area (Å²) in [5, 5.41) is 3.31. The van der Waals surface area contributed by atoms with Gasteiger partial charge in [0.25, 0.3) is 5.56 Å². The van der Waals surface area contributed by atoms with Crippen molar-refractivity contribution in [1.29, 1.82) is 0 Å². The number of carbonyl (C=O) groups is 1. The molecule has 0 fully saturated rings. The lowest BCUT2D eigenvalue weighted by atomic mass is 10.2. The molecule has 0 radical (unpaired) electrons. The van der Waals surface area contributed by atoms with Crippen LogP contribution in [0.2, 0.25) is 0 Å². The molecule has 1 amide bonds. The minimum absolute atomic E-state index is 0.130. The first-order valence-corrected chi connectivity index (χ1v) is 10.5. The molecular formula is C25H21N5O3. The van der Waals surface area contributed by atoms with Crippen molar-refractivity contribution in [1.82, 2.24) is 18.9 Å². The van der Waals surface area contributed by atoms with Gasteiger partial charge in [-0.15, -0.1) is 0 Å². The number of pyridine rings is 1. The SMILES string of the molecule is Cc1nc2ccccc2c(=O)n1CC(=O)Nc1cccc(OCc2cn3ccccc3n2)c1. The summed E-state index contributed by atoms with van der Waals surface area (Å²) in [4.78, 5) is 34.4. The van der Waals surface area contributed by atoms with Crippen LogP contribution >= 0.6 is 0 Å². The van der Waals surface area contributed by atoms with Gasteiger partial charge in [-0.25, -0.2) is 9.97 Å². The van der Waals surface area contributed by atoms with Gasteiger partial charge < -0.3 is 14.5 Å². The number of nitrogens with zero attached hydrogens (tertiary/aromatic N) is 4. The molecule has 0 unspecified atom stereocenters. The summed E-state index contributed by atoms with van der Waals surface area (Å²) in [7, 11) is 0. The number of aromatic nitrogens is 4. The normalized spacial score (nSPS) is 11.1. The average molecular weight is 439 g/mol. The Kier molecular flexibility index (Phi) is 5.32. The van der Waals surface area contributed by atoms with E-state index >= 15 is 0 Å². The molecule has 0 spiro atoms. The lowest BCUT2D eigenvalue weighted by molar-refractivity contribution is -0.116. The smallest absolute Gasteiger partial charge is 0.261 e. The van der Waals surface area contributed by atoms with Gasteiger partial charge in [0.2, 0.25) is 5.91 Å². The molecule has 0 aliphatic heterocycles. The minimum atomic E-state index is -0.324. The zero-order chi connectivity index (χ0) is 22.8. The number of fused-ring (bicyclic) bond motifs is 2. The number of ether oxygens (including phenoxy) is 1. The van der Waals surface area contributed by atoms with E-state index in [1.54, 1.807) is 43.3 Å². The van der Waals surface area contributed by atoms with E-state index in [1.165, 1.54) is 4.57 Å². The monoisotopic (exact) mass is 439 g/mol. The highest BCUT2D eigenvalue weighted by atomic mass is 16.5. The first-order valence-electron chi connectivity index (χ1n) is 10.5. The molecule has 3 aromatic heterocycles. The number of para-hydroxylation sites is 1. The summed E-state index contributed by atoms with van der Waals surface area (Å²) in [6.07, 6.45) is 3.85. The van der Waals surface area contributed by atoms with Crippen molar-refractivity contribution in [3.8, 4) is 5.75 Å². The molecule has 8 heteroatoms. The summed E-state index contributed by atoms with van der Waals surface area (Å²) < 4.78 is 9.16. The predicted octanol–water partition coefficient (Wildman–Crippen LogP) is 3.57. The lowest BCUT2D eigenvalue weighted by Gasteiger charge is -2.12. The molecule has 33 heavy (non-hydrogen) atoms. The maximum absolute atomic E-state index is 12.8. The van der Waals surface area contributed by atoms with Crippen LogP contribution in [-0.4, -0.2) is 24.8 Å². The van der Waals surface area contributed by atoms with E-state index in [-0.39, 0.29) is 18.0 Å². The van der Waals surface area contributed by atoms with Crippen molar-refractivity contribution in [3.63, 3.8) is 0 Å². The third-order valence-corrected chi connectivity index (χ3v) is 5.27. The lowest BCUT2D eigenvalue weighted by Crippen LogP contribution is -2.30. The zero-order valence-corrected chi connectivity index (χ0v) is 17.9. The predicted molar refractivity (Wildman–Crippen MR) is 125 cm³/mol. The Morgan fingerprint density at radius 1 is 1.03 bits per heavy atom. The molecule has 2 aromatic carbocycles. The van der Waals surface area contributed by atoms with Crippen molar-refractivity contribution >= 4 is 28.1 Å². The second-order valence-corrected chi connectivity index (χ2v) is 7.63. The summed E-state index contributed by atoms with van der Waals surface area (Å²) in [6, 6.07) is 20.0. The van der Waals surface area contributed by atoms with Gasteiger partial charge in [-0.2, -0.15) is 0 Å². The number of benzene rings is 2. The quantitative estimate of drug-likeness (QED) is 0.437. The average Bonchev–Trinajstić information content (AvgIpc) is 3.24. The first kappa shape index (κ1) is 20.4. The molecule has 1 N–H and O–H groups in total. The Hall–Kier alpha value is -4.46. The van der Waals surface area contributed by atoms with Crippen molar-refractivity contribution < 1.29 is 9.53 Å². The molecule has 0 atom stereocenters. The third-order valence-electron chi connectivity index (χ3n) is 5.27. The molecule has 5 rings (SSSR count). The number of hydrogen-bond donors (Lipinski definition) is 1. The van der Waals surface area contributed by atoms with E-state index in [2.05, 4.69) is 15.3 Å². The van der Waals surface area contributed by atoms with E-state index in [4.69, 9.17) is 4.74 Å². The van der Waals surface area contributed by atoms with Crippen LogP contribution in [0.5, 0.6) is 5.75 Å². The van der Waals surface area contributed by atoms with E-state index in [1.807, 2.05) is 47.1 Å². The van der Waals surface area contributed by atoms with Gasteiger partial charge in [-0.3, -0.25) is 14.2 Å². The number of imidazole rings is 1. The zero-order valence-electron chi connectivity index (χ0n) is 17.9. The molecule has 0 bridgehead atoms. The number of carbonyl (C=O) groups excluding carboxylic acids is 1. The highest BCUT2D eigenvalue weighted by Gasteiger charge is 2.12. The summed E-state index contributed by atoms with van der Waals surface area (Å²) >= 11 is 0. The Balaban J connectivity index is 1.27. The highest BCUT2D eigenvalue weighted by Crippen LogP contribution is 2.19. The molecule has 8 nitrogen and oxygen atoms in total. The van der Waals surface area contributed by atoms with Crippen LogP contribution in [0.4, 0.5) is 5.69 Å². The fraction of sp³-hybridized carbons (Fsp3) is 0.120. The van der Waals surface area contributed by atoms with E-state index in [9.17, 15) is 9.59 Å². The van der Waals surface area contributed by atoms with Crippen molar-refractivity contribution in [2.24, 2.45) is 0 Å². The van der Waals surface area contributed by atoms with Crippen LogP contribution in [0.25, 0.3) is 16.6 Å². The molecule has 0 saturated carbocycles. The second-order valence-electron chi connectivity index (χ2n) is 7.63. The van der Waals surface area contributed by atoms with Crippen LogP contribution in [0.3, 0.4) is 0 Å². The molecular weight excluding hydrogens is 418 g/mol. The van der Waals surface area contributed by atoms with Gasteiger partial charge >= 0.3 is 0 Å². The van der Waals surface area contributed by atoms with E-state index < -0.39 is 0 Å². The number of amides is 1. The fourth-order valence-corrected chi connectivity index (χ4v) is 3.69. The Bertz CT molecular complexity index is 1500. The van der Waals surface area contributed by atoms with E-state index in [0.717, 1.165) is 11.3 Å². The topological polar surface area (TPSA) is 90.5 Å². The Morgan fingerprint density at radius 2 is 1.88 bits per heavy atom. The van der Waals surface area contributed by atoms with Crippen LogP contribution in [0, 0.1) is 6.92 Å². The maximum Gasteiger partial charge on any atom is 0.261 e. The number of aryl methyl sites for hydroxylation is 1. The number of anilines is 1. The van der Waals surface area contributed by atoms with Crippen LogP contribution in [-0.2, 0) is 17.9 Å². The van der Waals surface area contributed by atoms with Gasteiger partial charge in [-0.1, -0.05) is 24.3 Å². The standard InChI is InChI=1S/C25H21N5O3/c1-17-26-22-10-3-2-9-21(22)25(32)30(17)15-24(31)28-18-7-6-8-20(13-18)33-16-19-14-29-12-5-4-11-23(29)27-19/h2-14H,15-16H2,1H3,(H,28,31). The summed E-state index contributed by atoms with van der Waals surface area (Å²) in [5.74, 6) is 0.763. The minimum Gasteiger partial charge on any atom is -0.487 e. The molecule has 164 valence electrons. The summed E-state index contributed by atoms with van der Waals surface area (Å²) in [6.45, 7) is 1.89. The van der Waals surface area contributed by atoms with Gasteiger partial charge in [0.05, 0.1) is 16.6 Å². The van der Waals surface area contributed by atoms with Crippen molar-refractivity contribution in [2.45, 2.75) is 20.1 Å².